The van der Waals surface area contributed by atoms with Crippen LogP contribution in [0.3, 0.4) is 0 Å². The van der Waals surface area contributed by atoms with Crippen molar-refractivity contribution in [1.82, 2.24) is 4.90 Å². The van der Waals surface area contributed by atoms with E-state index < -0.39 is 62.0 Å². The molecular weight excluding hydrogens is 574 g/mol. The van der Waals surface area contributed by atoms with Gasteiger partial charge in [-0.1, -0.05) is 26.0 Å². The zero-order valence-electron chi connectivity index (χ0n) is 22.6. The Kier molecular flexibility index (Phi) is 19.6. The van der Waals surface area contributed by atoms with Gasteiger partial charge in [-0.3, -0.25) is 4.90 Å². The SMILES string of the molecule is CC(C)C(O)=[SH]Cc1ccc(OCCN(C[C@@H](O)[C@@H](O)[C@H](O)[C@H](O)CO)C[C@@H](O)[C@@H](O)[C@H](O)[C@H](O)CO)cc1.Cl. The highest BCUT2D eigenvalue weighted by Crippen LogP contribution is 2.16. The monoisotopic (exact) mass is 619 g/mol. The van der Waals surface area contributed by atoms with Crippen molar-refractivity contribution in [1.29, 1.82) is 0 Å². The molecule has 13 nitrogen and oxygen atoms in total. The number of hydrogen-bond acceptors (Lipinski definition) is 12. The maximum atomic E-state index is 10.4. The number of nitrogens with zero attached hydrogens (tertiary/aromatic N) is 1. The fraction of sp³-hybridized carbons (Fsp3) is 0.720. The van der Waals surface area contributed by atoms with Crippen LogP contribution in [0.4, 0.5) is 0 Å². The highest BCUT2D eigenvalue weighted by atomic mass is 35.5. The molecule has 0 saturated carbocycles. The van der Waals surface area contributed by atoms with Gasteiger partial charge in [-0.25, -0.2) is 0 Å². The molecule has 1 rings (SSSR count). The van der Waals surface area contributed by atoms with Crippen LogP contribution in [0.25, 0.3) is 0 Å². The van der Waals surface area contributed by atoms with Crippen molar-refractivity contribution >= 4 is 28.8 Å². The Morgan fingerprint density at radius 2 is 1.18 bits per heavy atom. The molecule has 0 unspecified atom stereocenters. The molecule has 0 radical (unpaired) electrons. The minimum Gasteiger partial charge on any atom is -0.492 e. The van der Waals surface area contributed by atoms with Crippen molar-refractivity contribution in [3.05, 3.63) is 29.8 Å². The van der Waals surface area contributed by atoms with E-state index in [1.165, 1.54) is 4.90 Å². The number of aliphatic hydroxyl groups is 11. The third kappa shape index (κ3) is 13.4. The van der Waals surface area contributed by atoms with Crippen LogP contribution in [-0.4, -0.2) is 154 Å². The molecule has 1 aromatic rings. The summed E-state index contributed by atoms with van der Waals surface area (Å²) >= 11 is 0.808. The average Bonchev–Trinajstić information content (AvgIpc) is 2.93. The molecule has 0 aliphatic rings. The fourth-order valence-corrected chi connectivity index (χ4v) is 4.39. The van der Waals surface area contributed by atoms with Crippen LogP contribution < -0.4 is 4.74 Å². The van der Waals surface area contributed by atoms with E-state index >= 15 is 0 Å². The van der Waals surface area contributed by atoms with E-state index in [0.29, 0.717) is 16.6 Å². The summed E-state index contributed by atoms with van der Waals surface area (Å²) in [5, 5.41) is 108. The Morgan fingerprint density at radius 3 is 1.57 bits per heavy atom. The van der Waals surface area contributed by atoms with Crippen LogP contribution >= 0.6 is 23.8 Å². The molecule has 0 fully saturated rings. The van der Waals surface area contributed by atoms with E-state index in [2.05, 4.69) is 0 Å². The van der Waals surface area contributed by atoms with Gasteiger partial charge in [0.15, 0.2) is 0 Å². The minimum absolute atomic E-state index is 0. The molecule has 1 aromatic carbocycles. The number of hydrogen-bond donors (Lipinski definition) is 12. The molecule has 0 aromatic heterocycles. The first-order valence-corrected chi connectivity index (χ1v) is 13.7. The smallest absolute Gasteiger partial charge is 0.119 e. The third-order valence-electron chi connectivity index (χ3n) is 6.08. The van der Waals surface area contributed by atoms with Gasteiger partial charge in [-0.05, 0) is 17.7 Å². The summed E-state index contributed by atoms with van der Waals surface area (Å²) in [5.74, 6) is 1.21. The van der Waals surface area contributed by atoms with Gasteiger partial charge in [0.05, 0.1) is 30.5 Å². The summed E-state index contributed by atoms with van der Waals surface area (Å²) in [6, 6.07) is 7.15. The zero-order chi connectivity index (χ0) is 29.7. The topological polar surface area (TPSA) is 235 Å². The molecule has 0 bridgehead atoms. The summed E-state index contributed by atoms with van der Waals surface area (Å²) in [4.78, 5) is 1.36. The summed E-state index contributed by atoms with van der Waals surface area (Å²) in [7, 11) is 0. The molecule has 0 aliphatic carbocycles. The number of ether oxygens (including phenoxy) is 1. The molecule has 0 heterocycles. The van der Waals surface area contributed by atoms with Gasteiger partial charge >= 0.3 is 0 Å². The molecule has 0 saturated heterocycles. The standard InChI is InChI=1S/C25H45NO12S.ClH/c1-14(2)25(37)39-13-15-3-5-16(6-4-15)38-8-7-26(9-17(29)21(33)23(35)19(31)11-27)10-18(30)22(34)24(36)20(32)12-28;/h3-6,14,17-24,27-37,39H,7-13H2,1-2H3;1H/t17-,18-,19-,20-,21-,22-,23-,24-;/m1./s1. The van der Waals surface area contributed by atoms with Crippen LogP contribution in [0.15, 0.2) is 24.3 Å². The Morgan fingerprint density at radius 1 is 0.750 bits per heavy atom. The van der Waals surface area contributed by atoms with Crippen molar-refractivity contribution in [2.45, 2.75) is 68.4 Å². The lowest BCUT2D eigenvalue weighted by molar-refractivity contribution is -0.130. The Bertz CT molecular complexity index is 807. The highest BCUT2D eigenvalue weighted by molar-refractivity contribution is 7.97. The lowest BCUT2D eigenvalue weighted by Gasteiger charge is -2.33. The molecule has 11 N–H and O–H groups in total. The molecular formula is C25H46ClNO12S. The molecule has 236 valence electrons. The number of halogens is 1. The van der Waals surface area contributed by atoms with Gasteiger partial charge in [0.1, 0.15) is 49.0 Å². The van der Waals surface area contributed by atoms with Crippen LogP contribution in [0.5, 0.6) is 5.75 Å². The van der Waals surface area contributed by atoms with E-state index in [-0.39, 0.29) is 44.6 Å². The van der Waals surface area contributed by atoms with Crippen LogP contribution in [-0.2, 0) is 5.75 Å². The van der Waals surface area contributed by atoms with Crippen LogP contribution in [0, 0.1) is 5.92 Å². The fourth-order valence-electron chi connectivity index (χ4n) is 3.47. The third-order valence-corrected chi connectivity index (χ3v) is 7.44. The van der Waals surface area contributed by atoms with Gasteiger partial charge in [0, 0.05) is 31.3 Å². The Labute approximate surface area is 243 Å². The van der Waals surface area contributed by atoms with E-state index in [9.17, 15) is 46.0 Å². The second-order valence-corrected chi connectivity index (χ2v) is 10.8. The first-order valence-electron chi connectivity index (χ1n) is 12.7. The van der Waals surface area contributed by atoms with Crippen molar-refractivity contribution in [2.75, 3.05) is 39.5 Å². The van der Waals surface area contributed by atoms with Crippen molar-refractivity contribution in [3.63, 3.8) is 0 Å². The van der Waals surface area contributed by atoms with Gasteiger partial charge in [0.25, 0.3) is 0 Å². The van der Waals surface area contributed by atoms with Gasteiger partial charge < -0.3 is 60.9 Å². The first-order chi connectivity index (χ1) is 18.3. The van der Waals surface area contributed by atoms with Crippen molar-refractivity contribution < 1.29 is 60.9 Å². The second kappa shape index (κ2) is 20.0. The van der Waals surface area contributed by atoms with E-state index in [1.54, 1.807) is 12.1 Å². The van der Waals surface area contributed by atoms with Gasteiger partial charge in [-0.2, -0.15) is 11.4 Å². The van der Waals surface area contributed by atoms with Crippen molar-refractivity contribution in [2.24, 2.45) is 5.92 Å². The lowest BCUT2D eigenvalue weighted by Crippen LogP contribution is -2.53. The van der Waals surface area contributed by atoms with Gasteiger partial charge in [-0.15, -0.1) is 12.4 Å². The number of thiol groups is 1. The predicted molar refractivity (Wildman–Crippen MR) is 153 cm³/mol. The average molecular weight is 620 g/mol. The minimum atomic E-state index is -1.86. The predicted octanol–water partition coefficient (Wildman–Crippen LogP) is -3.03. The van der Waals surface area contributed by atoms with E-state index in [4.69, 9.17) is 14.9 Å². The van der Waals surface area contributed by atoms with Crippen LogP contribution in [0.2, 0.25) is 0 Å². The summed E-state index contributed by atoms with van der Waals surface area (Å²) in [6.45, 7) is 1.40. The largest absolute Gasteiger partial charge is 0.492 e. The lowest BCUT2D eigenvalue weighted by atomic mass is 10.0. The summed E-state index contributed by atoms with van der Waals surface area (Å²) in [5.41, 5.74) is 0.985. The zero-order valence-corrected chi connectivity index (χ0v) is 24.3. The number of benzene rings is 1. The maximum Gasteiger partial charge on any atom is 0.119 e. The summed E-state index contributed by atoms with van der Waals surface area (Å²) < 4.78 is 5.71. The number of aliphatic hydroxyl groups excluding tert-OH is 11. The molecule has 0 spiro atoms. The first kappa shape index (κ1) is 39.0. The molecule has 0 amide bonds. The quantitative estimate of drug-likeness (QED) is 0.0546. The Hall–Kier alpha value is -0.950. The summed E-state index contributed by atoms with van der Waals surface area (Å²) in [6.07, 6.45) is -14.2. The normalized spacial score (nSPS) is 18.6. The van der Waals surface area contributed by atoms with Crippen molar-refractivity contribution in [3.8, 4) is 5.75 Å². The molecule has 0 aliphatic heterocycles. The maximum absolute atomic E-state index is 10.4. The van der Waals surface area contributed by atoms with E-state index in [0.717, 1.165) is 16.9 Å². The van der Waals surface area contributed by atoms with Gasteiger partial charge in [0.2, 0.25) is 0 Å². The molecule has 8 atom stereocenters. The second-order valence-electron chi connectivity index (χ2n) is 9.68. The Balaban J connectivity index is 0.0000152. The van der Waals surface area contributed by atoms with Crippen LogP contribution in [0.1, 0.15) is 19.4 Å². The van der Waals surface area contributed by atoms with E-state index in [1.807, 2.05) is 26.0 Å². The molecule has 40 heavy (non-hydrogen) atoms. The molecule has 15 heteroatoms. The highest BCUT2D eigenvalue weighted by Gasteiger charge is 2.34. The number of rotatable bonds is 19.